The summed E-state index contributed by atoms with van der Waals surface area (Å²) in [5.74, 6) is 0.537. The van der Waals surface area contributed by atoms with E-state index >= 15 is 0 Å². The number of hydrogen-bond donors (Lipinski definition) is 0. The van der Waals surface area contributed by atoms with Gasteiger partial charge in [-0.05, 0) is 31.2 Å². The normalized spacial score (nSPS) is 21.3. The minimum Gasteiger partial charge on any atom is -0.368 e. The van der Waals surface area contributed by atoms with Gasteiger partial charge in [0.2, 0.25) is 0 Å². The fourth-order valence-electron chi connectivity index (χ4n) is 2.63. The van der Waals surface area contributed by atoms with Crippen molar-refractivity contribution in [2.24, 2.45) is 0 Å². The van der Waals surface area contributed by atoms with E-state index in [2.05, 4.69) is 23.6 Å². The van der Waals surface area contributed by atoms with Crippen LogP contribution in [-0.4, -0.2) is 37.1 Å². The average Bonchev–Trinajstić information content (AvgIpc) is 2.38. The van der Waals surface area contributed by atoms with E-state index in [0.29, 0.717) is 11.9 Å². The van der Waals surface area contributed by atoms with Crippen molar-refractivity contribution in [3.05, 3.63) is 28.8 Å². The summed E-state index contributed by atoms with van der Waals surface area (Å²) < 4.78 is 0. The zero-order valence-electron chi connectivity index (χ0n) is 11.0. The fraction of sp³-hybridized carbons (Fsp3) is 0.571. The molecule has 1 fully saturated rings. The molecule has 0 aromatic heterocycles. The van der Waals surface area contributed by atoms with Gasteiger partial charge in [0, 0.05) is 42.3 Å². The zero-order chi connectivity index (χ0) is 13.1. The number of likely N-dealkylation sites (N-methyl/N-ethyl adjacent to an activating group) is 1. The van der Waals surface area contributed by atoms with Crippen LogP contribution < -0.4 is 4.90 Å². The summed E-state index contributed by atoms with van der Waals surface area (Å²) >= 11 is 12.1. The van der Waals surface area contributed by atoms with Gasteiger partial charge >= 0.3 is 0 Å². The van der Waals surface area contributed by atoms with Gasteiger partial charge in [-0.1, -0.05) is 24.6 Å². The molecule has 1 saturated heterocycles. The lowest BCUT2D eigenvalue weighted by Crippen LogP contribution is -2.51. The largest absolute Gasteiger partial charge is 0.368 e. The van der Waals surface area contributed by atoms with Crippen LogP contribution in [0, 0.1) is 0 Å². The van der Waals surface area contributed by atoms with Crippen LogP contribution in [0.5, 0.6) is 0 Å². The Morgan fingerprint density at radius 2 is 2.11 bits per heavy atom. The van der Waals surface area contributed by atoms with Crippen LogP contribution in [0.4, 0.5) is 5.69 Å². The summed E-state index contributed by atoms with van der Waals surface area (Å²) in [6, 6.07) is 6.55. The lowest BCUT2D eigenvalue weighted by atomic mass is 10.1. The summed E-state index contributed by atoms with van der Waals surface area (Å²) in [4.78, 5) is 4.90. The van der Waals surface area contributed by atoms with E-state index in [4.69, 9.17) is 23.2 Å². The number of benzene rings is 1. The molecule has 0 bridgehead atoms. The van der Waals surface area contributed by atoms with E-state index < -0.39 is 0 Å². The molecule has 1 aliphatic rings. The molecular weight excluding hydrogens is 267 g/mol. The monoisotopic (exact) mass is 286 g/mol. The Bertz CT molecular complexity index is 409. The van der Waals surface area contributed by atoms with E-state index in [0.717, 1.165) is 31.2 Å². The molecule has 1 aliphatic heterocycles. The standard InChI is InChI=1S/C14H20Cl2N2/c1-3-17-6-7-18(10-11(17)2)14-8-13(16)5-4-12(14)9-15/h4-5,8,11H,3,6-7,9-10H2,1-2H3. The minimum absolute atomic E-state index is 0.537. The molecule has 2 rings (SSSR count). The second kappa shape index (κ2) is 6.14. The van der Waals surface area contributed by atoms with Crippen LogP contribution in [0.15, 0.2) is 18.2 Å². The van der Waals surface area contributed by atoms with Gasteiger partial charge in [0.25, 0.3) is 0 Å². The zero-order valence-corrected chi connectivity index (χ0v) is 12.5. The van der Waals surface area contributed by atoms with Crippen LogP contribution >= 0.6 is 23.2 Å². The molecule has 0 aliphatic carbocycles. The van der Waals surface area contributed by atoms with E-state index in [1.165, 1.54) is 11.3 Å². The van der Waals surface area contributed by atoms with Gasteiger partial charge in [-0.25, -0.2) is 0 Å². The first-order valence-electron chi connectivity index (χ1n) is 6.49. The van der Waals surface area contributed by atoms with Crippen molar-refractivity contribution in [1.29, 1.82) is 0 Å². The van der Waals surface area contributed by atoms with Crippen LogP contribution in [0.3, 0.4) is 0 Å². The summed E-state index contributed by atoms with van der Waals surface area (Å²) in [6.07, 6.45) is 0. The summed E-state index contributed by atoms with van der Waals surface area (Å²) in [7, 11) is 0. The molecule has 1 atom stereocenters. The molecule has 0 spiro atoms. The lowest BCUT2D eigenvalue weighted by molar-refractivity contribution is 0.199. The van der Waals surface area contributed by atoms with Crippen molar-refractivity contribution in [1.82, 2.24) is 4.90 Å². The first-order valence-corrected chi connectivity index (χ1v) is 7.40. The first kappa shape index (κ1) is 14.0. The van der Waals surface area contributed by atoms with E-state index in [-0.39, 0.29) is 0 Å². The third-order valence-corrected chi connectivity index (χ3v) is 4.23. The summed E-state index contributed by atoms with van der Waals surface area (Å²) in [5.41, 5.74) is 2.36. The van der Waals surface area contributed by atoms with E-state index in [1.54, 1.807) is 0 Å². The molecule has 0 saturated carbocycles. The number of anilines is 1. The Morgan fingerprint density at radius 3 is 2.72 bits per heavy atom. The number of alkyl halides is 1. The second-order valence-corrected chi connectivity index (χ2v) is 5.53. The van der Waals surface area contributed by atoms with Crippen molar-refractivity contribution in [2.45, 2.75) is 25.8 Å². The Balaban J connectivity index is 2.19. The molecule has 2 nitrogen and oxygen atoms in total. The molecule has 4 heteroatoms. The third kappa shape index (κ3) is 2.93. The van der Waals surface area contributed by atoms with Crippen molar-refractivity contribution in [2.75, 3.05) is 31.1 Å². The fourth-order valence-corrected chi connectivity index (χ4v) is 3.02. The molecule has 100 valence electrons. The Hall–Kier alpha value is -0.440. The maximum Gasteiger partial charge on any atom is 0.0494 e. The van der Waals surface area contributed by atoms with Crippen LogP contribution in [0.25, 0.3) is 0 Å². The topological polar surface area (TPSA) is 6.48 Å². The smallest absolute Gasteiger partial charge is 0.0494 e. The number of hydrogen-bond acceptors (Lipinski definition) is 2. The SMILES string of the molecule is CCN1CCN(c2cc(Cl)ccc2CCl)CC1C. The highest BCUT2D eigenvalue weighted by molar-refractivity contribution is 6.31. The van der Waals surface area contributed by atoms with Crippen molar-refractivity contribution >= 4 is 28.9 Å². The van der Waals surface area contributed by atoms with E-state index in [9.17, 15) is 0 Å². The second-order valence-electron chi connectivity index (χ2n) is 4.83. The molecule has 1 aromatic rings. The van der Waals surface area contributed by atoms with Gasteiger partial charge < -0.3 is 4.90 Å². The van der Waals surface area contributed by atoms with Crippen molar-refractivity contribution in [3.63, 3.8) is 0 Å². The molecule has 0 N–H and O–H groups in total. The van der Waals surface area contributed by atoms with Crippen LogP contribution in [0.1, 0.15) is 19.4 Å². The van der Waals surface area contributed by atoms with Crippen molar-refractivity contribution in [3.8, 4) is 0 Å². The molecule has 0 amide bonds. The van der Waals surface area contributed by atoms with Gasteiger partial charge in [0.05, 0.1) is 0 Å². The predicted octanol–water partition coefficient (Wildman–Crippen LogP) is 3.61. The molecule has 1 aromatic carbocycles. The Kier molecular flexibility index (Phi) is 4.77. The van der Waals surface area contributed by atoms with Gasteiger partial charge in [-0.15, -0.1) is 11.6 Å². The maximum absolute atomic E-state index is 6.11. The first-order chi connectivity index (χ1) is 8.65. The molecule has 0 radical (unpaired) electrons. The summed E-state index contributed by atoms with van der Waals surface area (Å²) in [5, 5.41) is 0.782. The molecule has 18 heavy (non-hydrogen) atoms. The number of piperazine rings is 1. The molecular formula is C14H20Cl2N2. The van der Waals surface area contributed by atoms with Gasteiger partial charge in [0.1, 0.15) is 0 Å². The number of rotatable bonds is 3. The van der Waals surface area contributed by atoms with Crippen LogP contribution in [0.2, 0.25) is 5.02 Å². The minimum atomic E-state index is 0.537. The Labute approximate surface area is 119 Å². The lowest BCUT2D eigenvalue weighted by Gasteiger charge is -2.41. The third-order valence-electron chi connectivity index (χ3n) is 3.70. The highest BCUT2D eigenvalue weighted by atomic mass is 35.5. The predicted molar refractivity (Wildman–Crippen MR) is 79.9 cm³/mol. The summed E-state index contributed by atoms with van der Waals surface area (Å²) in [6.45, 7) is 8.80. The van der Waals surface area contributed by atoms with Gasteiger partial charge in [-0.2, -0.15) is 0 Å². The number of halogens is 2. The quantitative estimate of drug-likeness (QED) is 0.784. The Morgan fingerprint density at radius 1 is 1.33 bits per heavy atom. The molecule has 1 heterocycles. The highest BCUT2D eigenvalue weighted by Gasteiger charge is 2.23. The van der Waals surface area contributed by atoms with E-state index in [1.807, 2.05) is 18.2 Å². The van der Waals surface area contributed by atoms with Gasteiger partial charge in [0.15, 0.2) is 0 Å². The van der Waals surface area contributed by atoms with Crippen LogP contribution in [-0.2, 0) is 5.88 Å². The van der Waals surface area contributed by atoms with Crippen molar-refractivity contribution < 1.29 is 0 Å². The van der Waals surface area contributed by atoms with Gasteiger partial charge in [-0.3, -0.25) is 4.90 Å². The maximum atomic E-state index is 6.11. The molecule has 1 unspecified atom stereocenters. The highest BCUT2D eigenvalue weighted by Crippen LogP contribution is 2.28. The number of nitrogens with zero attached hydrogens (tertiary/aromatic N) is 2. The average molecular weight is 287 g/mol.